The van der Waals surface area contributed by atoms with E-state index in [4.69, 9.17) is 5.73 Å². The predicted molar refractivity (Wildman–Crippen MR) is 72.7 cm³/mol. The fourth-order valence-corrected chi connectivity index (χ4v) is 2.23. The number of hydrogen-bond acceptors (Lipinski definition) is 3. The number of hydrogen-bond donors (Lipinski definition) is 2. The molecular weight excluding hydrogens is 216 g/mol. The van der Waals surface area contributed by atoms with Crippen LogP contribution in [0.3, 0.4) is 0 Å². The van der Waals surface area contributed by atoms with E-state index in [1.165, 1.54) is 11.3 Å². The monoisotopic (exact) mass is 240 g/mol. The van der Waals surface area contributed by atoms with Gasteiger partial charge in [0.25, 0.3) is 0 Å². The predicted octanol–water partition coefficient (Wildman–Crippen LogP) is 2.99. The van der Waals surface area contributed by atoms with Gasteiger partial charge in [0.05, 0.1) is 0 Å². The maximum Gasteiger partial charge on any atom is 0.0305 e. The van der Waals surface area contributed by atoms with Crippen LogP contribution < -0.4 is 11.1 Å². The Balaban J connectivity index is 2.40. The zero-order valence-corrected chi connectivity index (χ0v) is 11.4. The Morgan fingerprint density at radius 1 is 1.50 bits per heavy atom. The first-order valence-electron chi connectivity index (χ1n) is 6.03. The van der Waals surface area contributed by atoms with Crippen molar-refractivity contribution >= 4 is 11.3 Å². The van der Waals surface area contributed by atoms with Crippen molar-refractivity contribution in [1.29, 1.82) is 0 Å². The average molecular weight is 240 g/mol. The molecule has 0 radical (unpaired) electrons. The van der Waals surface area contributed by atoms with Crippen molar-refractivity contribution < 1.29 is 0 Å². The third-order valence-corrected chi connectivity index (χ3v) is 3.87. The van der Waals surface area contributed by atoms with Crippen LogP contribution in [0.5, 0.6) is 0 Å². The second-order valence-corrected chi connectivity index (χ2v) is 6.16. The Bertz CT molecular complexity index is 282. The van der Waals surface area contributed by atoms with Crippen molar-refractivity contribution in [3.05, 3.63) is 22.4 Å². The molecule has 0 aliphatic rings. The van der Waals surface area contributed by atoms with E-state index in [0.717, 1.165) is 18.9 Å². The normalized spacial score (nSPS) is 15.3. The van der Waals surface area contributed by atoms with Gasteiger partial charge in [-0.05, 0) is 37.1 Å². The summed E-state index contributed by atoms with van der Waals surface area (Å²) in [5.74, 6) is 0.745. The molecule has 1 unspecified atom stereocenters. The van der Waals surface area contributed by atoms with Gasteiger partial charge in [-0.15, -0.1) is 11.3 Å². The van der Waals surface area contributed by atoms with Gasteiger partial charge in [-0.2, -0.15) is 0 Å². The molecule has 1 rings (SSSR count). The summed E-state index contributed by atoms with van der Waals surface area (Å²) in [6.45, 7) is 8.38. The standard InChI is InChI=1S/C13H24N2S/c1-11(2)6-7-13(3,10-14)15-9-12-5-4-8-16-12/h4-5,8,11,15H,6-7,9-10,14H2,1-3H3. The summed E-state index contributed by atoms with van der Waals surface area (Å²) in [5.41, 5.74) is 5.95. The SMILES string of the molecule is CC(C)CCC(C)(CN)NCc1cccs1. The van der Waals surface area contributed by atoms with E-state index in [2.05, 4.69) is 43.6 Å². The first-order valence-corrected chi connectivity index (χ1v) is 6.91. The zero-order chi connectivity index (χ0) is 12.0. The fourth-order valence-electron chi connectivity index (χ4n) is 1.58. The molecule has 0 fully saturated rings. The molecule has 1 aromatic heterocycles. The first kappa shape index (κ1) is 13.7. The van der Waals surface area contributed by atoms with Crippen LogP contribution in [-0.2, 0) is 6.54 Å². The van der Waals surface area contributed by atoms with E-state index in [0.29, 0.717) is 6.54 Å². The quantitative estimate of drug-likeness (QED) is 0.769. The molecule has 92 valence electrons. The van der Waals surface area contributed by atoms with E-state index in [-0.39, 0.29) is 5.54 Å². The number of thiophene rings is 1. The maximum atomic E-state index is 5.87. The van der Waals surface area contributed by atoms with Gasteiger partial charge in [-0.3, -0.25) is 0 Å². The van der Waals surface area contributed by atoms with E-state index < -0.39 is 0 Å². The van der Waals surface area contributed by atoms with Crippen LogP contribution >= 0.6 is 11.3 Å². The van der Waals surface area contributed by atoms with Crippen LogP contribution in [0.25, 0.3) is 0 Å². The molecule has 0 bridgehead atoms. The molecule has 1 aromatic rings. The van der Waals surface area contributed by atoms with Crippen LogP contribution in [0, 0.1) is 5.92 Å². The lowest BCUT2D eigenvalue weighted by molar-refractivity contribution is 0.312. The van der Waals surface area contributed by atoms with Crippen molar-refractivity contribution in [2.75, 3.05) is 6.54 Å². The molecule has 0 aromatic carbocycles. The number of rotatable bonds is 7. The number of nitrogens with one attached hydrogen (secondary N) is 1. The van der Waals surface area contributed by atoms with Crippen LogP contribution in [0.1, 0.15) is 38.5 Å². The lowest BCUT2D eigenvalue weighted by Gasteiger charge is -2.30. The van der Waals surface area contributed by atoms with Crippen LogP contribution in [0.4, 0.5) is 0 Å². The van der Waals surface area contributed by atoms with Crippen LogP contribution in [0.15, 0.2) is 17.5 Å². The summed E-state index contributed by atoms with van der Waals surface area (Å²) < 4.78 is 0. The van der Waals surface area contributed by atoms with Gasteiger partial charge in [-0.1, -0.05) is 19.9 Å². The molecule has 3 N–H and O–H groups in total. The van der Waals surface area contributed by atoms with Gasteiger partial charge < -0.3 is 11.1 Å². The Morgan fingerprint density at radius 3 is 2.75 bits per heavy atom. The minimum atomic E-state index is 0.0776. The highest BCUT2D eigenvalue weighted by molar-refractivity contribution is 7.09. The Hall–Kier alpha value is -0.380. The molecule has 0 spiro atoms. The highest BCUT2D eigenvalue weighted by atomic mass is 32.1. The highest BCUT2D eigenvalue weighted by Crippen LogP contribution is 2.17. The first-order chi connectivity index (χ1) is 7.56. The van der Waals surface area contributed by atoms with Crippen LogP contribution in [0.2, 0.25) is 0 Å². The third-order valence-electron chi connectivity index (χ3n) is 2.99. The summed E-state index contributed by atoms with van der Waals surface area (Å²) in [6, 6.07) is 4.26. The summed E-state index contributed by atoms with van der Waals surface area (Å²) in [7, 11) is 0. The molecule has 3 heteroatoms. The van der Waals surface area contributed by atoms with Gasteiger partial charge in [0.1, 0.15) is 0 Å². The number of nitrogens with two attached hydrogens (primary N) is 1. The van der Waals surface area contributed by atoms with E-state index >= 15 is 0 Å². The second kappa shape index (κ2) is 6.38. The largest absolute Gasteiger partial charge is 0.329 e. The summed E-state index contributed by atoms with van der Waals surface area (Å²) >= 11 is 1.80. The van der Waals surface area contributed by atoms with Gasteiger partial charge in [0.15, 0.2) is 0 Å². The van der Waals surface area contributed by atoms with Crippen LogP contribution in [-0.4, -0.2) is 12.1 Å². The van der Waals surface area contributed by atoms with Gasteiger partial charge in [0.2, 0.25) is 0 Å². The minimum Gasteiger partial charge on any atom is -0.329 e. The third kappa shape index (κ3) is 4.64. The molecule has 16 heavy (non-hydrogen) atoms. The Morgan fingerprint density at radius 2 is 2.25 bits per heavy atom. The maximum absolute atomic E-state index is 5.87. The van der Waals surface area contributed by atoms with Gasteiger partial charge in [0, 0.05) is 23.5 Å². The molecule has 1 heterocycles. The Labute approximate surface area is 103 Å². The zero-order valence-electron chi connectivity index (χ0n) is 10.6. The second-order valence-electron chi connectivity index (χ2n) is 5.13. The molecule has 2 nitrogen and oxygen atoms in total. The summed E-state index contributed by atoms with van der Waals surface area (Å²) in [5, 5.41) is 5.70. The molecule has 0 aliphatic heterocycles. The molecular formula is C13H24N2S. The van der Waals surface area contributed by atoms with E-state index in [9.17, 15) is 0 Å². The van der Waals surface area contributed by atoms with Gasteiger partial charge >= 0.3 is 0 Å². The van der Waals surface area contributed by atoms with Gasteiger partial charge in [-0.25, -0.2) is 0 Å². The lowest BCUT2D eigenvalue weighted by atomic mass is 9.92. The molecule has 0 aliphatic carbocycles. The van der Waals surface area contributed by atoms with Crippen molar-refractivity contribution in [2.24, 2.45) is 11.7 Å². The summed E-state index contributed by atoms with van der Waals surface area (Å²) in [6.07, 6.45) is 2.37. The molecule has 0 saturated heterocycles. The van der Waals surface area contributed by atoms with E-state index in [1.54, 1.807) is 11.3 Å². The molecule has 1 atom stereocenters. The Kier molecular flexibility index (Phi) is 5.46. The molecule has 0 amide bonds. The smallest absolute Gasteiger partial charge is 0.0305 e. The highest BCUT2D eigenvalue weighted by Gasteiger charge is 2.21. The van der Waals surface area contributed by atoms with Crippen molar-refractivity contribution in [3.8, 4) is 0 Å². The topological polar surface area (TPSA) is 38.0 Å². The van der Waals surface area contributed by atoms with Crippen molar-refractivity contribution in [1.82, 2.24) is 5.32 Å². The minimum absolute atomic E-state index is 0.0776. The lowest BCUT2D eigenvalue weighted by Crippen LogP contribution is -2.48. The van der Waals surface area contributed by atoms with Crippen molar-refractivity contribution in [3.63, 3.8) is 0 Å². The van der Waals surface area contributed by atoms with Crippen molar-refractivity contribution in [2.45, 2.75) is 45.7 Å². The van der Waals surface area contributed by atoms with E-state index in [1.807, 2.05) is 0 Å². The summed E-state index contributed by atoms with van der Waals surface area (Å²) in [4.78, 5) is 1.38. The average Bonchev–Trinajstić information content (AvgIpc) is 2.76. The molecule has 0 saturated carbocycles. The fraction of sp³-hybridized carbons (Fsp3) is 0.692.